The molecule has 2 aliphatic carbocycles. The number of guanidine groups is 1. The number of benzene rings is 1. The van der Waals surface area contributed by atoms with Crippen molar-refractivity contribution in [2.45, 2.75) is 43.6 Å². The summed E-state index contributed by atoms with van der Waals surface area (Å²) in [5.41, 5.74) is 1.61. The summed E-state index contributed by atoms with van der Waals surface area (Å²) in [4.78, 5) is 4.32. The molecule has 2 fully saturated rings. The summed E-state index contributed by atoms with van der Waals surface area (Å²) in [5, 5.41) is 16.8. The van der Waals surface area contributed by atoms with Crippen LogP contribution in [0, 0.1) is 5.92 Å². The molecule has 0 bridgehead atoms. The van der Waals surface area contributed by atoms with Crippen LogP contribution in [0.15, 0.2) is 33.7 Å². The minimum Gasteiger partial charge on any atom is -0.393 e. The standard InChI is InChI=1S/C18H26BrN3O/c1-20-17(21-11-13-5-4-8-16(13)23)22-12-18(9-10-18)14-6-2-3-7-15(14)19/h2-3,6-7,13,16,23H,4-5,8-12H2,1H3,(H2,20,21,22). The third kappa shape index (κ3) is 3.89. The van der Waals surface area contributed by atoms with Crippen LogP contribution in [0.4, 0.5) is 0 Å². The lowest BCUT2D eigenvalue weighted by Gasteiger charge is -2.22. The summed E-state index contributed by atoms with van der Waals surface area (Å²) in [6, 6.07) is 8.49. The van der Waals surface area contributed by atoms with Crippen molar-refractivity contribution in [3.63, 3.8) is 0 Å². The van der Waals surface area contributed by atoms with E-state index in [1.54, 1.807) is 7.05 Å². The quantitative estimate of drug-likeness (QED) is 0.544. The zero-order valence-corrected chi connectivity index (χ0v) is 15.3. The van der Waals surface area contributed by atoms with Crippen molar-refractivity contribution in [3.8, 4) is 0 Å². The first kappa shape index (κ1) is 16.8. The Labute approximate surface area is 146 Å². The molecule has 0 aliphatic heterocycles. The lowest BCUT2D eigenvalue weighted by Crippen LogP contribution is -2.43. The lowest BCUT2D eigenvalue weighted by molar-refractivity contribution is 0.134. The maximum atomic E-state index is 9.92. The van der Waals surface area contributed by atoms with Gasteiger partial charge in [-0.25, -0.2) is 0 Å². The summed E-state index contributed by atoms with van der Waals surface area (Å²) in [6.07, 6.45) is 5.43. The monoisotopic (exact) mass is 379 g/mol. The van der Waals surface area contributed by atoms with Crippen LogP contribution in [-0.2, 0) is 5.41 Å². The molecule has 0 aromatic heterocycles. The maximum absolute atomic E-state index is 9.92. The number of nitrogens with one attached hydrogen (secondary N) is 2. The van der Waals surface area contributed by atoms with E-state index in [4.69, 9.17) is 0 Å². The summed E-state index contributed by atoms with van der Waals surface area (Å²) in [5.74, 6) is 1.19. The van der Waals surface area contributed by atoms with Gasteiger partial charge in [0.2, 0.25) is 0 Å². The Morgan fingerprint density at radius 1 is 1.30 bits per heavy atom. The van der Waals surface area contributed by atoms with Gasteiger partial charge in [0.15, 0.2) is 5.96 Å². The molecule has 2 atom stereocenters. The predicted molar refractivity (Wildman–Crippen MR) is 97.8 cm³/mol. The Bertz CT molecular complexity index is 571. The zero-order valence-electron chi connectivity index (χ0n) is 13.7. The van der Waals surface area contributed by atoms with Crippen LogP contribution in [0.2, 0.25) is 0 Å². The Kier molecular flexibility index (Phi) is 5.27. The van der Waals surface area contributed by atoms with Crippen LogP contribution in [-0.4, -0.2) is 37.3 Å². The van der Waals surface area contributed by atoms with Gasteiger partial charge in [-0.1, -0.05) is 40.5 Å². The molecule has 1 aromatic rings. The molecule has 5 heteroatoms. The molecule has 0 saturated heterocycles. The fourth-order valence-corrected chi connectivity index (χ4v) is 4.25. The normalized spacial score (nSPS) is 26.1. The van der Waals surface area contributed by atoms with E-state index in [0.29, 0.717) is 5.92 Å². The van der Waals surface area contributed by atoms with E-state index < -0.39 is 0 Å². The van der Waals surface area contributed by atoms with Crippen LogP contribution in [0.1, 0.15) is 37.7 Å². The number of nitrogens with zero attached hydrogens (tertiary/aromatic N) is 1. The third-order valence-electron chi connectivity index (χ3n) is 5.27. The van der Waals surface area contributed by atoms with Gasteiger partial charge in [-0.05, 0) is 37.3 Å². The van der Waals surface area contributed by atoms with E-state index in [1.165, 1.54) is 22.9 Å². The fraction of sp³-hybridized carbons (Fsp3) is 0.611. The Balaban J connectivity index is 1.53. The van der Waals surface area contributed by atoms with Gasteiger partial charge in [0.25, 0.3) is 0 Å². The summed E-state index contributed by atoms with van der Waals surface area (Å²) >= 11 is 3.68. The SMILES string of the molecule is CN=C(NCC1CCCC1O)NCC1(c2ccccc2Br)CC1. The van der Waals surface area contributed by atoms with Gasteiger partial charge in [-0.15, -0.1) is 0 Å². The average Bonchev–Trinajstić information content (AvgIpc) is 3.23. The largest absolute Gasteiger partial charge is 0.393 e. The molecular weight excluding hydrogens is 354 g/mol. The van der Waals surface area contributed by atoms with E-state index in [0.717, 1.165) is 38.3 Å². The molecule has 23 heavy (non-hydrogen) atoms. The van der Waals surface area contributed by atoms with Crippen LogP contribution in [0.3, 0.4) is 0 Å². The molecule has 0 spiro atoms. The van der Waals surface area contributed by atoms with Gasteiger partial charge in [0, 0.05) is 35.9 Å². The van der Waals surface area contributed by atoms with Crippen molar-refractivity contribution >= 4 is 21.9 Å². The van der Waals surface area contributed by atoms with Gasteiger partial charge in [-0.2, -0.15) is 0 Å². The van der Waals surface area contributed by atoms with Crippen LogP contribution in [0.5, 0.6) is 0 Å². The van der Waals surface area contributed by atoms with Gasteiger partial charge < -0.3 is 15.7 Å². The Morgan fingerprint density at radius 2 is 2.09 bits per heavy atom. The van der Waals surface area contributed by atoms with Crippen molar-refractivity contribution in [1.82, 2.24) is 10.6 Å². The average molecular weight is 380 g/mol. The van der Waals surface area contributed by atoms with Crippen molar-refractivity contribution < 1.29 is 5.11 Å². The second kappa shape index (κ2) is 7.22. The number of aliphatic hydroxyl groups excluding tert-OH is 1. The van der Waals surface area contributed by atoms with E-state index in [2.05, 4.69) is 55.8 Å². The highest BCUT2D eigenvalue weighted by Crippen LogP contribution is 2.49. The van der Waals surface area contributed by atoms with Gasteiger partial charge in [0.1, 0.15) is 0 Å². The predicted octanol–water partition coefficient (Wildman–Crippen LogP) is 2.81. The summed E-state index contributed by atoms with van der Waals surface area (Å²) in [6.45, 7) is 1.69. The highest BCUT2D eigenvalue weighted by molar-refractivity contribution is 9.10. The topological polar surface area (TPSA) is 56.7 Å². The van der Waals surface area contributed by atoms with Crippen molar-refractivity contribution in [3.05, 3.63) is 34.3 Å². The van der Waals surface area contributed by atoms with E-state index >= 15 is 0 Å². The number of halogens is 1. The molecular formula is C18H26BrN3O. The number of aliphatic imine (C=N–C) groups is 1. The van der Waals surface area contributed by atoms with E-state index in [9.17, 15) is 5.11 Å². The molecule has 2 saturated carbocycles. The van der Waals surface area contributed by atoms with Gasteiger partial charge >= 0.3 is 0 Å². The van der Waals surface area contributed by atoms with E-state index in [1.807, 2.05) is 0 Å². The Hall–Kier alpha value is -1.07. The summed E-state index contributed by atoms with van der Waals surface area (Å²) in [7, 11) is 1.80. The maximum Gasteiger partial charge on any atom is 0.191 e. The van der Waals surface area contributed by atoms with Crippen LogP contribution in [0.25, 0.3) is 0 Å². The first-order chi connectivity index (χ1) is 11.1. The molecule has 2 aliphatic rings. The number of rotatable bonds is 5. The van der Waals surface area contributed by atoms with E-state index in [-0.39, 0.29) is 11.5 Å². The molecule has 3 N–H and O–H groups in total. The van der Waals surface area contributed by atoms with Crippen molar-refractivity contribution in [2.24, 2.45) is 10.9 Å². The van der Waals surface area contributed by atoms with Crippen LogP contribution < -0.4 is 10.6 Å². The minimum atomic E-state index is -0.157. The van der Waals surface area contributed by atoms with Gasteiger partial charge in [0.05, 0.1) is 6.10 Å². The lowest BCUT2D eigenvalue weighted by atomic mass is 9.96. The molecule has 1 aromatic carbocycles. The first-order valence-electron chi connectivity index (χ1n) is 8.52. The fourth-order valence-electron chi connectivity index (χ4n) is 3.54. The van der Waals surface area contributed by atoms with Crippen LogP contribution >= 0.6 is 15.9 Å². The third-order valence-corrected chi connectivity index (χ3v) is 5.96. The molecule has 0 amide bonds. The molecule has 2 unspecified atom stereocenters. The number of hydrogen-bond acceptors (Lipinski definition) is 2. The molecule has 3 rings (SSSR count). The Morgan fingerprint density at radius 3 is 2.70 bits per heavy atom. The molecule has 0 heterocycles. The number of hydrogen-bond donors (Lipinski definition) is 3. The van der Waals surface area contributed by atoms with Crippen molar-refractivity contribution in [1.29, 1.82) is 0 Å². The highest BCUT2D eigenvalue weighted by atomic mass is 79.9. The second-order valence-corrected chi connectivity index (χ2v) is 7.68. The number of aliphatic hydroxyl groups is 1. The van der Waals surface area contributed by atoms with Crippen molar-refractivity contribution in [2.75, 3.05) is 20.1 Å². The molecule has 4 nitrogen and oxygen atoms in total. The second-order valence-electron chi connectivity index (χ2n) is 6.83. The molecule has 126 valence electrons. The smallest absolute Gasteiger partial charge is 0.191 e. The molecule has 0 radical (unpaired) electrons. The zero-order chi connectivity index (χ0) is 16.3. The highest BCUT2D eigenvalue weighted by Gasteiger charge is 2.45. The summed E-state index contributed by atoms with van der Waals surface area (Å²) < 4.78 is 1.19. The van der Waals surface area contributed by atoms with Gasteiger partial charge in [-0.3, -0.25) is 4.99 Å². The minimum absolute atomic E-state index is 0.157. The first-order valence-corrected chi connectivity index (χ1v) is 9.31.